The van der Waals surface area contributed by atoms with Crippen LogP contribution in [0.1, 0.15) is 101 Å². The number of nitro benzene ring substituents is 1. The molecule has 312 valence electrons. The van der Waals surface area contributed by atoms with E-state index in [1.165, 1.54) is 12.1 Å². The minimum Gasteiger partial charge on any atom is -0.459 e. The maximum atomic E-state index is 13.6. The molecule has 1 aromatic carbocycles. The van der Waals surface area contributed by atoms with Gasteiger partial charge in [0.2, 0.25) is 6.04 Å². The van der Waals surface area contributed by atoms with E-state index < -0.39 is 51.3 Å². The summed E-state index contributed by atoms with van der Waals surface area (Å²) in [6.45, 7) is 25.1. The Morgan fingerprint density at radius 1 is 0.655 bits per heavy atom. The zero-order valence-corrected chi connectivity index (χ0v) is 35.3. The molecule has 1 heterocycles. The highest BCUT2D eigenvalue weighted by Gasteiger charge is 2.37. The summed E-state index contributed by atoms with van der Waals surface area (Å²) < 4.78 is 22.6. The number of nitrogens with zero attached hydrogens (tertiary/aromatic N) is 4. The number of nitrogens with one attached hydrogen (secondary N) is 1. The summed E-state index contributed by atoms with van der Waals surface area (Å²) in [5.41, 5.74) is -2.08. The summed E-state index contributed by atoms with van der Waals surface area (Å²) in [4.78, 5) is 70.0. The van der Waals surface area contributed by atoms with E-state index >= 15 is 0 Å². The van der Waals surface area contributed by atoms with Crippen molar-refractivity contribution in [3.8, 4) is 0 Å². The Morgan fingerprint density at radius 3 is 1.40 bits per heavy atom. The Kier molecular flexibility index (Phi) is 17.7. The fourth-order valence-electron chi connectivity index (χ4n) is 5.86. The molecule has 1 atom stereocenters. The zero-order valence-electron chi connectivity index (χ0n) is 35.3. The van der Waals surface area contributed by atoms with Crippen molar-refractivity contribution in [3.63, 3.8) is 0 Å². The minimum atomic E-state index is -1.41. The van der Waals surface area contributed by atoms with E-state index in [1.54, 1.807) is 53.7 Å². The summed E-state index contributed by atoms with van der Waals surface area (Å²) in [6.07, 6.45) is 1.76. The van der Waals surface area contributed by atoms with Gasteiger partial charge in [-0.1, -0.05) is 12.1 Å². The Hall–Kier alpha value is -3.66. The summed E-state index contributed by atoms with van der Waals surface area (Å²) in [5.74, 6) is -2.20. The molecule has 1 aromatic rings. The number of rotatable bonds is 15. The number of carbonyl (C=O) groups excluding carboxylic acids is 4. The fraction of sp³-hybridized carbons (Fsp3) is 0.750. The third-order valence-electron chi connectivity index (χ3n) is 8.07. The average Bonchev–Trinajstić information content (AvgIpc) is 3.07. The number of hydrogen-bond donors (Lipinski definition) is 1. The van der Waals surface area contributed by atoms with Crippen molar-refractivity contribution in [2.75, 3.05) is 58.9 Å². The van der Waals surface area contributed by atoms with Gasteiger partial charge in [-0.2, -0.15) is 0 Å². The normalized spacial score (nSPS) is 16.4. The van der Waals surface area contributed by atoms with Crippen molar-refractivity contribution < 1.29 is 43.0 Å². The van der Waals surface area contributed by atoms with Gasteiger partial charge >= 0.3 is 23.9 Å². The molecule has 1 saturated heterocycles. The van der Waals surface area contributed by atoms with Gasteiger partial charge in [-0.25, -0.2) is 9.59 Å². The predicted molar refractivity (Wildman–Crippen MR) is 209 cm³/mol. The standard InChI is InChI=1S/C40H67N5O10/c1-37(2,3)52-32(46)27-43-22-20-42(21-23-44(25-24-43)28-33(47)53-38(4,5)6)26-30(15-13-14-29-16-18-31(19-17-29)45(50)51)41-34(35(48)54-39(7,8)9)36(49)55-40(10,11)12/h16-19,30,34,41H,13-15,20-28H2,1-12H3. The molecular formula is C40H67N5O10. The lowest BCUT2D eigenvalue weighted by atomic mass is 10.0. The number of aryl methyl sites for hydroxylation is 1. The zero-order chi connectivity index (χ0) is 41.8. The Bertz CT molecular complexity index is 1350. The van der Waals surface area contributed by atoms with Crippen molar-refractivity contribution in [3.05, 3.63) is 39.9 Å². The van der Waals surface area contributed by atoms with Crippen LogP contribution in [0.3, 0.4) is 0 Å². The molecular weight excluding hydrogens is 710 g/mol. The lowest BCUT2D eigenvalue weighted by Gasteiger charge is -2.33. The molecule has 1 aliphatic rings. The first-order chi connectivity index (χ1) is 25.2. The third-order valence-corrected chi connectivity index (χ3v) is 8.07. The van der Waals surface area contributed by atoms with Gasteiger partial charge in [0.15, 0.2) is 0 Å². The van der Waals surface area contributed by atoms with Crippen LogP contribution < -0.4 is 5.32 Å². The number of carbonyl (C=O) groups is 4. The van der Waals surface area contributed by atoms with E-state index in [4.69, 9.17) is 18.9 Å². The van der Waals surface area contributed by atoms with Crippen molar-refractivity contribution in [1.29, 1.82) is 0 Å². The summed E-state index contributed by atoms with van der Waals surface area (Å²) >= 11 is 0. The highest BCUT2D eigenvalue weighted by molar-refractivity contribution is 5.99. The maximum Gasteiger partial charge on any atom is 0.335 e. The van der Waals surface area contributed by atoms with Crippen LogP contribution in [0.4, 0.5) is 5.69 Å². The van der Waals surface area contributed by atoms with Gasteiger partial charge in [0.1, 0.15) is 22.4 Å². The first-order valence-electron chi connectivity index (χ1n) is 19.2. The molecule has 0 spiro atoms. The van der Waals surface area contributed by atoms with Crippen LogP contribution >= 0.6 is 0 Å². The van der Waals surface area contributed by atoms with Crippen LogP contribution in [-0.2, 0) is 44.5 Å². The minimum absolute atomic E-state index is 0.00952. The predicted octanol–water partition coefficient (Wildman–Crippen LogP) is 4.53. The molecule has 0 aromatic heterocycles. The van der Waals surface area contributed by atoms with Gasteiger partial charge in [-0.3, -0.25) is 39.7 Å². The number of hydrogen-bond acceptors (Lipinski definition) is 14. The highest BCUT2D eigenvalue weighted by atomic mass is 16.6. The van der Waals surface area contributed by atoms with E-state index in [-0.39, 0.29) is 30.7 Å². The summed E-state index contributed by atoms with van der Waals surface area (Å²) in [5, 5.41) is 14.5. The molecule has 0 saturated carbocycles. The smallest absolute Gasteiger partial charge is 0.335 e. The van der Waals surface area contributed by atoms with E-state index in [2.05, 4.69) is 10.2 Å². The van der Waals surface area contributed by atoms with Crippen LogP contribution in [0.5, 0.6) is 0 Å². The lowest BCUT2D eigenvalue weighted by Crippen LogP contribution is -2.55. The van der Waals surface area contributed by atoms with Gasteiger partial charge in [0, 0.05) is 64.0 Å². The van der Waals surface area contributed by atoms with Gasteiger partial charge in [-0.15, -0.1) is 0 Å². The van der Waals surface area contributed by atoms with E-state index in [0.717, 1.165) is 5.56 Å². The molecule has 15 heteroatoms. The average molecular weight is 778 g/mol. The molecule has 2 rings (SSSR count). The number of esters is 4. The topological polar surface area (TPSA) is 170 Å². The van der Waals surface area contributed by atoms with E-state index in [9.17, 15) is 29.3 Å². The van der Waals surface area contributed by atoms with Gasteiger partial charge in [0.25, 0.3) is 5.69 Å². The molecule has 1 aliphatic heterocycles. The van der Waals surface area contributed by atoms with Crippen LogP contribution in [0.2, 0.25) is 0 Å². The molecule has 0 amide bonds. The van der Waals surface area contributed by atoms with Crippen LogP contribution in [0, 0.1) is 10.1 Å². The molecule has 1 unspecified atom stereocenters. The second-order valence-corrected chi connectivity index (χ2v) is 18.2. The van der Waals surface area contributed by atoms with Crippen molar-refractivity contribution >= 4 is 29.6 Å². The molecule has 1 N–H and O–H groups in total. The van der Waals surface area contributed by atoms with Crippen LogP contribution in [0.15, 0.2) is 24.3 Å². The SMILES string of the molecule is CC(C)(C)OC(=O)CN1CCN(CC(=O)OC(C)(C)C)CCN(CC(CCCc2ccc([N+](=O)[O-])cc2)NC(C(=O)OC(C)(C)C)C(=O)OC(C)(C)C)CC1. The van der Waals surface area contributed by atoms with Gasteiger partial charge in [0.05, 0.1) is 18.0 Å². The van der Waals surface area contributed by atoms with E-state index in [1.807, 2.05) is 51.3 Å². The molecule has 0 aliphatic carbocycles. The van der Waals surface area contributed by atoms with Gasteiger partial charge in [-0.05, 0) is 108 Å². The third kappa shape index (κ3) is 20.7. The highest BCUT2D eigenvalue weighted by Crippen LogP contribution is 2.18. The van der Waals surface area contributed by atoms with E-state index in [0.29, 0.717) is 65.1 Å². The van der Waals surface area contributed by atoms with Crippen molar-refractivity contribution in [1.82, 2.24) is 20.0 Å². The number of non-ortho nitro benzene ring substituents is 1. The molecule has 15 nitrogen and oxygen atoms in total. The second kappa shape index (κ2) is 20.5. The first-order valence-corrected chi connectivity index (χ1v) is 19.2. The maximum absolute atomic E-state index is 13.6. The van der Waals surface area contributed by atoms with Crippen molar-refractivity contribution in [2.45, 2.75) is 137 Å². The Balaban J connectivity index is 2.42. The number of nitro groups is 1. The first kappa shape index (κ1) is 47.5. The molecule has 0 radical (unpaired) electrons. The molecule has 55 heavy (non-hydrogen) atoms. The largest absolute Gasteiger partial charge is 0.459 e. The monoisotopic (exact) mass is 777 g/mol. The van der Waals surface area contributed by atoms with Gasteiger partial charge < -0.3 is 18.9 Å². The summed E-state index contributed by atoms with van der Waals surface area (Å²) in [7, 11) is 0. The number of benzene rings is 1. The van der Waals surface area contributed by atoms with Crippen LogP contribution in [0.25, 0.3) is 0 Å². The number of ether oxygens (including phenoxy) is 4. The van der Waals surface area contributed by atoms with Crippen LogP contribution in [-0.4, -0.2) is 137 Å². The second-order valence-electron chi connectivity index (χ2n) is 18.2. The molecule has 1 fully saturated rings. The fourth-order valence-corrected chi connectivity index (χ4v) is 5.86. The summed E-state index contributed by atoms with van der Waals surface area (Å²) in [6, 6.07) is 4.58. The quantitative estimate of drug-likeness (QED) is 0.0867. The Morgan fingerprint density at radius 2 is 1.04 bits per heavy atom. The lowest BCUT2D eigenvalue weighted by molar-refractivity contribution is -0.384. The Labute approximate surface area is 327 Å². The molecule has 0 bridgehead atoms. The van der Waals surface area contributed by atoms with Crippen molar-refractivity contribution in [2.24, 2.45) is 0 Å².